The summed E-state index contributed by atoms with van der Waals surface area (Å²) in [6, 6.07) is 8.15. The van der Waals surface area contributed by atoms with Gasteiger partial charge in [0, 0.05) is 12.1 Å². The van der Waals surface area contributed by atoms with Crippen LogP contribution in [0.25, 0.3) is 5.76 Å². The van der Waals surface area contributed by atoms with Gasteiger partial charge in [-0.3, -0.25) is 9.59 Å². The molecule has 3 rings (SSSR count). The summed E-state index contributed by atoms with van der Waals surface area (Å²) >= 11 is 0. The van der Waals surface area contributed by atoms with Crippen molar-refractivity contribution in [3.8, 4) is 0 Å². The van der Waals surface area contributed by atoms with Crippen molar-refractivity contribution in [2.75, 3.05) is 13.2 Å². The first-order chi connectivity index (χ1) is 13.7. The molecule has 1 amide bonds. The summed E-state index contributed by atoms with van der Waals surface area (Å²) in [6.45, 7) is 10.0. The van der Waals surface area contributed by atoms with Crippen molar-refractivity contribution in [1.29, 1.82) is 0 Å². The standard InChI is InChI=1S/C23H27NO5/c1-13(2)28-11-10-24-20(18-9-7-16(5)29-18)19(22(26)23(24)27)21(25)17-8-6-14(3)15(4)12-17/h6-9,12-13,20,25H,10-11H2,1-5H3/b21-19-. The number of aryl methyl sites for hydroxylation is 3. The van der Waals surface area contributed by atoms with Crippen LogP contribution in [0.5, 0.6) is 0 Å². The molecule has 1 saturated heterocycles. The number of rotatable bonds is 6. The summed E-state index contributed by atoms with van der Waals surface area (Å²) in [4.78, 5) is 27.1. The van der Waals surface area contributed by atoms with Crippen LogP contribution in [-0.2, 0) is 14.3 Å². The first-order valence-electron chi connectivity index (χ1n) is 9.74. The predicted molar refractivity (Wildman–Crippen MR) is 109 cm³/mol. The highest BCUT2D eigenvalue weighted by molar-refractivity contribution is 6.46. The largest absolute Gasteiger partial charge is 0.507 e. The minimum Gasteiger partial charge on any atom is -0.507 e. The lowest BCUT2D eigenvalue weighted by molar-refractivity contribution is -0.140. The molecule has 1 aliphatic rings. The first-order valence-corrected chi connectivity index (χ1v) is 9.74. The monoisotopic (exact) mass is 397 g/mol. The Labute approximate surface area is 170 Å². The van der Waals surface area contributed by atoms with Crippen LogP contribution in [-0.4, -0.2) is 41.0 Å². The summed E-state index contributed by atoms with van der Waals surface area (Å²) in [7, 11) is 0. The molecule has 0 saturated carbocycles. The van der Waals surface area contributed by atoms with Crippen LogP contribution in [0.15, 0.2) is 40.3 Å². The van der Waals surface area contributed by atoms with Gasteiger partial charge in [-0.05, 0) is 63.9 Å². The normalized spacial score (nSPS) is 18.8. The van der Waals surface area contributed by atoms with Gasteiger partial charge in [-0.1, -0.05) is 12.1 Å². The average Bonchev–Trinajstić information content (AvgIpc) is 3.19. The topological polar surface area (TPSA) is 80.0 Å². The molecule has 0 bridgehead atoms. The maximum Gasteiger partial charge on any atom is 0.295 e. The number of hydrogen-bond donors (Lipinski definition) is 1. The van der Waals surface area contributed by atoms with E-state index in [9.17, 15) is 14.7 Å². The fourth-order valence-electron chi connectivity index (χ4n) is 3.44. The number of benzene rings is 1. The molecule has 2 heterocycles. The number of aliphatic hydroxyl groups is 1. The fraction of sp³-hybridized carbons (Fsp3) is 0.391. The maximum atomic E-state index is 12.9. The molecule has 0 spiro atoms. The van der Waals surface area contributed by atoms with E-state index in [4.69, 9.17) is 9.15 Å². The van der Waals surface area contributed by atoms with E-state index in [-0.39, 0.29) is 30.6 Å². The second-order valence-corrected chi connectivity index (χ2v) is 7.66. The molecule has 1 unspecified atom stereocenters. The van der Waals surface area contributed by atoms with E-state index in [2.05, 4.69) is 0 Å². The summed E-state index contributed by atoms with van der Waals surface area (Å²) in [5.74, 6) is -0.476. The van der Waals surface area contributed by atoms with Gasteiger partial charge in [0.05, 0.1) is 18.3 Å². The number of likely N-dealkylation sites (tertiary alicyclic amines) is 1. The summed E-state index contributed by atoms with van der Waals surface area (Å²) in [6.07, 6.45) is 0.00617. The Morgan fingerprint density at radius 2 is 1.86 bits per heavy atom. The number of nitrogens with zero attached hydrogens (tertiary/aromatic N) is 1. The molecule has 1 N–H and O–H groups in total. The number of Topliss-reactive ketones (excluding diaryl/α,β-unsaturated/α-hetero) is 1. The summed E-state index contributed by atoms with van der Waals surface area (Å²) < 4.78 is 11.3. The van der Waals surface area contributed by atoms with Crippen molar-refractivity contribution in [2.24, 2.45) is 0 Å². The third-order valence-corrected chi connectivity index (χ3v) is 5.13. The first kappa shape index (κ1) is 20.9. The van der Waals surface area contributed by atoms with Gasteiger partial charge in [-0.25, -0.2) is 0 Å². The maximum absolute atomic E-state index is 12.9. The number of aliphatic hydroxyl groups excluding tert-OH is 1. The quantitative estimate of drug-likeness (QED) is 0.452. The second-order valence-electron chi connectivity index (χ2n) is 7.66. The molecule has 1 atom stereocenters. The van der Waals surface area contributed by atoms with Gasteiger partial charge >= 0.3 is 0 Å². The van der Waals surface area contributed by atoms with Crippen molar-refractivity contribution >= 4 is 17.4 Å². The molecule has 1 fully saturated rings. The number of ketones is 1. The van der Waals surface area contributed by atoms with Gasteiger partial charge in [-0.15, -0.1) is 0 Å². The second kappa shape index (κ2) is 8.25. The van der Waals surface area contributed by atoms with Gasteiger partial charge < -0.3 is 19.2 Å². The Morgan fingerprint density at radius 3 is 2.45 bits per heavy atom. The number of furan rings is 1. The molecule has 2 aromatic rings. The molecule has 154 valence electrons. The number of ether oxygens (including phenoxy) is 1. The van der Waals surface area contributed by atoms with Crippen molar-refractivity contribution in [1.82, 2.24) is 4.90 Å². The van der Waals surface area contributed by atoms with E-state index in [0.717, 1.165) is 11.1 Å². The van der Waals surface area contributed by atoms with E-state index < -0.39 is 17.7 Å². The number of carbonyl (C=O) groups excluding carboxylic acids is 2. The van der Waals surface area contributed by atoms with Crippen LogP contribution in [0.4, 0.5) is 0 Å². The van der Waals surface area contributed by atoms with Crippen LogP contribution in [0, 0.1) is 20.8 Å². The zero-order valence-corrected chi connectivity index (χ0v) is 17.5. The minimum atomic E-state index is -0.791. The van der Waals surface area contributed by atoms with Gasteiger partial charge in [0.15, 0.2) is 0 Å². The number of carbonyl (C=O) groups is 2. The third kappa shape index (κ3) is 4.12. The van der Waals surface area contributed by atoms with E-state index in [1.54, 1.807) is 25.1 Å². The fourth-order valence-corrected chi connectivity index (χ4v) is 3.44. The van der Waals surface area contributed by atoms with Crippen LogP contribution in [0.1, 0.15) is 48.1 Å². The van der Waals surface area contributed by atoms with E-state index in [1.165, 1.54) is 4.90 Å². The highest BCUT2D eigenvalue weighted by Gasteiger charge is 2.47. The summed E-state index contributed by atoms with van der Waals surface area (Å²) in [5.41, 5.74) is 2.60. The van der Waals surface area contributed by atoms with E-state index in [1.807, 2.05) is 39.8 Å². The summed E-state index contributed by atoms with van der Waals surface area (Å²) in [5, 5.41) is 11.0. The zero-order valence-electron chi connectivity index (χ0n) is 17.5. The number of amides is 1. The zero-order chi connectivity index (χ0) is 21.3. The Hall–Kier alpha value is -2.86. The van der Waals surface area contributed by atoms with Crippen LogP contribution in [0.3, 0.4) is 0 Å². The Morgan fingerprint density at radius 1 is 1.14 bits per heavy atom. The molecular formula is C23H27NO5. The van der Waals surface area contributed by atoms with Crippen LogP contribution in [0.2, 0.25) is 0 Å². The molecule has 1 aromatic heterocycles. The van der Waals surface area contributed by atoms with Crippen LogP contribution >= 0.6 is 0 Å². The Kier molecular flexibility index (Phi) is 5.94. The third-order valence-electron chi connectivity index (χ3n) is 5.13. The van der Waals surface area contributed by atoms with Crippen molar-refractivity contribution in [2.45, 2.75) is 46.8 Å². The molecule has 29 heavy (non-hydrogen) atoms. The average molecular weight is 397 g/mol. The SMILES string of the molecule is Cc1ccc(C2/C(=C(/O)c3ccc(C)c(C)c3)C(=O)C(=O)N2CCOC(C)C)o1. The molecule has 1 aliphatic heterocycles. The smallest absolute Gasteiger partial charge is 0.295 e. The highest BCUT2D eigenvalue weighted by atomic mass is 16.5. The Bertz CT molecular complexity index is 969. The lowest BCUT2D eigenvalue weighted by Gasteiger charge is -2.23. The Balaban J connectivity index is 2.08. The number of hydrogen-bond acceptors (Lipinski definition) is 5. The van der Waals surface area contributed by atoms with Crippen molar-refractivity contribution < 1.29 is 23.8 Å². The lowest BCUT2D eigenvalue weighted by Crippen LogP contribution is -2.33. The molecule has 6 heteroatoms. The van der Waals surface area contributed by atoms with Gasteiger partial charge in [-0.2, -0.15) is 0 Å². The van der Waals surface area contributed by atoms with Gasteiger partial charge in [0.2, 0.25) is 0 Å². The molecular weight excluding hydrogens is 370 g/mol. The van der Waals surface area contributed by atoms with Gasteiger partial charge in [0.25, 0.3) is 11.7 Å². The van der Waals surface area contributed by atoms with E-state index in [0.29, 0.717) is 17.1 Å². The molecule has 6 nitrogen and oxygen atoms in total. The lowest BCUT2D eigenvalue weighted by atomic mass is 9.97. The van der Waals surface area contributed by atoms with Crippen molar-refractivity contribution in [3.05, 3.63) is 64.1 Å². The predicted octanol–water partition coefficient (Wildman–Crippen LogP) is 4.05. The highest BCUT2D eigenvalue weighted by Crippen LogP contribution is 2.40. The van der Waals surface area contributed by atoms with Crippen molar-refractivity contribution in [3.63, 3.8) is 0 Å². The van der Waals surface area contributed by atoms with E-state index >= 15 is 0 Å². The molecule has 0 aliphatic carbocycles. The van der Waals surface area contributed by atoms with Gasteiger partial charge in [0.1, 0.15) is 23.3 Å². The van der Waals surface area contributed by atoms with Crippen LogP contribution < -0.4 is 0 Å². The molecule has 1 aromatic carbocycles. The molecule has 0 radical (unpaired) electrons. The minimum absolute atomic E-state index is 0.00617.